The standard InChI is InChI=1S/C17H18Cl2N4O/c1-11-3-2-6-23(9-11)16-8-15(20-10-21-16)17(24)22-14-7-12(18)4-5-13(14)19/h4-5,7-8,10-11H,2-3,6,9H2,1H3,(H,22,24). The van der Waals surface area contributed by atoms with Crippen LogP contribution in [0.25, 0.3) is 0 Å². The zero-order valence-corrected chi connectivity index (χ0v) is 14.8. The van der Waals surface area contributed by atoms with E-state index in [4.69, 9.17) is 23.2 Å². The first-order chi connectivity index (χ1) is 11.5. The molecule has 1 aliphatic heterocycles. The molecule has 0 bridgehead atoms. The van der Waals surface area contributed by atoms with E-state index in [1.54, 1.807) is 24.3 Å². The molecule has 0 spiro atoms. The molecule has 1 N–H and O–H groups in total. The van der Waals surface area contributed by atoms with Gasteiger partial charge in [0.1, 0.15) is 17.8 Å². The predicted molar refractivity (Wildman–Crippen MR) is 97.1 cm³/mol. The summed E-state index contributed by atoms with van der Waals surface area (Å²) >= 11 is 12.0. The molecule has 126 valence electrons. The van der Waals surface area contributed by atoms with Crippen LogP contribution in [0.5, 0.6) is 0 Å². The molecule has 3 rings (SSSR count). The number of carbonyl (C=O) groups excluding carboxylic acids is 1. The van der Waals surface area contributed by atoms with E-state index in [0.29, 0.717) is 27.3 Å². The third-order valence-corrected chi connectivity index (χ3v) is 4.61. The maximum Gasteiger partial charge on any atom is 0.274 e. The van der Waals surface area contributed by atoms with E-state index >= 15 is 0 Å². The van der Waals surface area contributed by atoms with Gasteiger partial charge in [-0.1, -0.05) is 30.1 Å². The molecular weight excluding hydrogens is 347 g/mol. The molecule has 1 atom stereocenters. The average Bonchev–Trinajstić information content (AvgIpc) is 2.58. The molecule has 0 saturated carbocycles. The fraction of sp³-hybridized carbons (Fsp3) is 0.353. The van der Waals surface area contributed by atoms with Crippen molar-refractivity contribution >= 4 is 40.6 Å². The Bertz CT molecular complexity index is 753. The highest BCUT2D eigenvalue weighted by Crippen LogP contribution is 2.26. The van der Waals surface area contributed by atoms with Crippen molar-refractivity contribution in [2.75, 3.05) is 23.3 Å². The smallest absolute Gasteiger partial charge is 0.274 e. The molecule has 1 unspecified atom stereocenters. The minimum atomic E-state index is -0.340. The van der Waals surface area contributed by atoms with Crippen LogP contribution < -0.4 is 10.2 Å². The van der Waals surface area contributed by atoms with Crippen LogP contribution in [0.3, 0.4) is 0 Å². The molecule has 1 aromatic carbocycles. The summed E-state index contributed by atoms with van der Waals surface area (Å²) < 4.78 is 0. The first kappa shape index (κ1) is 17.0. The van der Waals surface area contributed by atoms with E-state index in [1.165, 1.54) is 12.7 Å². The second kappa shape index (κ2) is 7.36. The number of hydrogen-bond acceptors (Lipinski definition) is 4. The number of rotatable bonds is 3. The van der Waals surface area contributed by atoms with Gasteiger partial charge in [0.15, 0.2) is 0 Å². The zero-order chi connectivity index (χ0) is 17.1. The van der Waals surface area contributed by atoms with Crippen molar-refractivity contribution in [1.82, 2.24) is 9.97 Å². The summed E-state index contributed by atoms with van der Waals surface area (Å²) in [6.07, 6.45) is 3.77. The van der Waals surface area contributed by atoms with Crippen molar-refractivity contribution < 1.29 is 4.79 Å². The Balaban J connectivity index is 1.78. The van der Waals surface area contributed by atoms with E-state index in [0.717, 1.165) is 25.3 Å². The third kappa shape index (κ3) is 3.97. The summed E-state index contributed by atoms with van der Waals surface area (Å²) in [6.45, 7) is 4.11. The second-order valence-corrected chi connectivity index (χ2v) is 6.88. The van der Waals surface area contributed by atoms with E-state index in [1.807, 2.05) is 0 Å². The van der Waals surface area contributed by atoms with Gasteiger partial charge in [0, 0.05) is 24.2 Å². The number of nitrogens with zero attached hydrogens (tertiary/aromatic N) is 3. The predicted octanol–water partition coefficient (Wildman–Crippen LogP) is 4.27. The largest absolute Gasteiger partial charge is 0.356 e. The number of benzene rings is 1. The Labute approximate surface area is 151 Å². The van der Waals surface area contributed by atoms with Crippen LogP contribution in [0, 0.1) is 5.92 Å². The Morgan fingerprint density at radius 1 is 1.29 bits per heavy atom. The maximum absolute atomic E-state index is 12.5. The van der Waals surface area contributed by atoms with Crippen LogP contribution in [-0.2, 0) is 0 Å². The van der Waals surface area contributed by atoms with E-state index in [9.17, 15) is 4.79 Å². The van der Waals surface area contributed by atoms with Crippen molar-refractivity contribution in [1.29, 1.82) is 0 Å². The van der Waals surface area contributed by atoms with Crippen molar-refractivity contribution in [3.63, 3.8) is 0 Å². The molecule has 5 nitrogen and oxygen atoms in total. The Morgan fingerprint density at radius 2 is 2.12 bits per heavy atom. The lowest BCUT2D eigenvalue weighted by Crippen LogP contribution is -2.35. The first-order valence-corrected chi connectivity index (χ1v) is 8.62. The number of nitrogens with one attached hydrogen (secondary N) is 1. The lowest BCUT2D eigenvalue weighted by molar-refractivity contribution is 0.102. The number of anilines is 2. The van der Waals surface area contributed by atoms with Crippen LogP contribution in [0.15, 0.2) is 30.6 Å². The lowest BCUT2D eigenvalue weighted by Gasteiger charge is -2.31. The van der Waals surface area contributed by atoms with Gasteiger partial charge in [-0.3, -0.25) is 4.79 Å². The number of halogens is 2. The lowest BCUT2D eigenvalue weighted by atomic mass is 10.0. The van der Waals surface area contributed by atoms with Gasteiger partial charge < -0.3 is 10.2 Å². The Hall–Kier alpha value is -1.85. The fourth-order valence-corrected chi connectivity index (χ4v) is 3.16. The summed E-state index contributed by atoms with van der Waals surface area (Å²) in [5.74, 6) is 1.06. The molecule has 1 amide bonds. The van der Waals surface area contributed by atoms with Crippen LogP contribution in [-0.4, -0.2) is 29.0 Å². The van der Waals surface area contributed by atoms with Crippen molar-refractivity contribution in [2.24, 2.45) is 5.92 Å². The highest BCUT2D eigenvalue weighted by molar-refractivity contribution is 6.35. The van der Waals surface area contributed by atoms with Crippen LogP contribution in [0.4, 0.5) is 11.5 Å². The van der Waals surface area contributed by atoms with Gasteiger partial charge in [0.2, 0.25) is 0 Å². The van der Waals surface area contributed by atoms with Crippen LogP contribution >= 0.6 is 23.2 Å². The molecule has 1 aliphatic rings. The Morgan fingerprint density at radius 3 is 2.92 bits per heavy atom. The van der Waals surface area contributed by atoms with Crippen molar-refractivity contribution in [3.05, 3.63) is 46.3 Å². The molecule has 1 saturated heterocycles. The van der Waals surface area contributed by atoms with Crippen LogP contribution in [0.2, 0.25) is 10.0 Å². The first-order valence-electron chi connectivity index (χ1n) is 7.86. The number of aromatic nitrogens is 2. The van der Waals surface area contributed by atoms with Gasteiger partial charge in [-0.25, -0.2) is 9.97 Å². The van der Waals surface area contributed by atoms with E-state index in [-0.39, 0.29) is 5.91 Å². The van der Waals surface area contributed by atoms with E-state index < -0.39 is 0 Å². The van der Waals surface area contributed by atoms with Gasteiger partial charge in [-0.15, -0.1) is 0 Å². The minimum absolute atomic E-state index is 0.300. The fourth-order valence-electron chi connectivity index (χ4n) is 2.82. The quantitative estimate of drug-likeness (QED) is 0.883. The van der Waals surface area contributed by atoms with Gasteiger partial charge in [-0.2, -0.15) is 0 Å². The highest BCUT2D eigenvalue weighted by atomic mass is 35.5. The molecule has 1 aromatic heterocycles. The minimum Gasteiger partial charge on any atom is -0.356 e. The summed E-state index contributed by atoms with van der Waals surface area (Å²) in [4.78, 5) is 23.0. The normalized spacial score (nSPS) is 17.6. The van der Waals surface area contributed by atoms with Gasteiger partial charge in [-0.05, 0) is 37.0 Å². The summed E-state index contributed by atoms with van der Waals surface area (Å²) in [5.41, 5.74) is 0.759. The molecule has 2 aromatic rings. The summed E-state index contributed by atoms with van der Waals surface area (Å²) in [5, 5.41) is 3.67. The topological polar surface area (TPSA) is 58.1 Å². The maximum atomic E-state index is 12.5. The zero-order valence-electron chi connectivity index (χ0n) is 13.3. The van der Waals surface area contributed by atoms with E-state index in [2.05, 4.69) is 27.1 Å². The molecule has 0 aliphatic carbocycles. The summed E-state index contributed by atoms with van der Waals surface area (Å²) in [6, 6.07) is 6.63. The monoisotopic (exact) mass is 364 g/mol. The van der Waals surface area contributed by atoms with Gasteiger partial charge in [0.05, 0.1) is 10.7 Å². The number of piperidine rings is 1. The highest BCUT2D eigenvalue weighted by Gasteiger charge is 2.19. The molecule has 1 fully saturated rings. The second-order valence-electron chi connectivity index (χ2n) is 6.03. The van der Waals surface area contributed by atoms with Gasteiger partial charge in [0.25, 0.3) is 5.91 Å². The molecule has 2 heterocycles. The number of hydrogen-bond donors (Lipinski definition) is 1. The number of amides is 1. The van der Waals surface area contributed by atoms with Crippen molar-refractivity contribution in [2.45, 2.75) is 19.8 Å². The van der Waals surface area contributed by atoms with Gasteiger partial charge >= 0.3 is 0 Å². The molecule has 0 radical (unpaired) electrons. The molecular formula is C17H18Cl2N4O. The third-order valence-electron chi connectivity index (χ3n) is 4.04. The molecule has 7 heteroatoms. The summed E-state index contributed by atoms with van der Waals surface area (Å²) in [7, 11) is 0. The molecule has 24 heavy (non-hydrogen) atoms. The SMILES string of the molecule is CC1CCCN(c2cc(C(=O)Nc3cc(Cl)ccc3Cl)ncn2)C1. The number of carbonyl (C=O) groups is 1. The van der Waals surface area contributed by atoms with Crippen LogP contribution in [0.1, 0.15) is 30.3 Å². The van der Waals surface area contributed by atoms with Crippen molar-refractivity contribution in [3.8, 4) is 0 Å². The average molecular weight is 365 g/mol. The Kier molecular flexibility index (Phi) is 5.21.